The van der Waals surface area contributed by atoms with E-state index in [1.54, 1.807) is 0 Å². The number of rotatable bonds is 4. The van der Waals surface area contributed by atoms with Crippen LogP contribution < -0.4 is 5.73 Å². The Morgan fingerprint density at radius 3 is 2.40 bits per heavy atom. The topological polar surface area (TPSA) is 26.0 Å². The molecule has 2 rings (SSSR count). The summed E-state index contributed by atoms with van der Waals surface area (Å²) in [5.74, 6) is 0.738. The third-order valence-corrected chi connectivity index (χ3v) is 3.56. The van der Waals surface area contributed by atoms with Crippen molar-refractivity contribution < 1.29 is 0 Å². The number of benzene rings is 1. The predicted octanol–water partition coefficient (Wildman–Crippen LogP) is 3.44. The number of hydrogen-bond acceptors (Lipinski definition) is 1. The summed E-state index contributed by atoms with van der Waals surface area (Å²) in [4.78, 5) is 0. The summed E-state index contributed by atoms with van der Waals surface area (Å²) >= 11 is 0. The molecular weight excluding hydrogens is 182 g/mol. The van der Waals surface area contributed by atoms with Crippen molar-refractivity contribution in [2.75, 3.05) is 0 Å². The lowest BCUT2D eigenvalue weighted by Crippen LogP contribution is -2.26. The summed E-state index contributed by atoms with van der Waals surface area (Å²) in [5.41, 5.74) is 8.98. The van der Waals surface area contributed by atoms with Crippen molar-refractivity contribution in [1.29, 1.82) is 0 Å². The van der Waals surface area contributed by atoms with Crippen molar-refractivity contribution in [3.8, 4) is 0 Å². The summed E-state index contributed by atoms with van der Waals surface area (Å²) in [6.07, 6.45) is 6.40. The Hall–Kier alpha value is -0.820. The van der Waals surface area contributed by atoms with Crippen molar-refractivity contribution in [1.82, 2.24) is 0 Å². The number of nitrogens with two attached hydrogens (primary N) is 1. The molecule has 1 aromatic carbocycles. The molecule has 1 atom stereocenters. The van der Waals surface area contributed by atoms with Crippen molar-refractivity contribution in [2.45, 2.75) is 45.1 Å². The van der Waals surface area contributed by atoms with E-state index >= 15 is 0 Å². The zero-order valence-corrected chi connectivity index (χ0v) is 9.58. The van der Waals surface area contributed by atoms with Crippen molar-refractivity contribution in [2.24, 2.45) is 11.7 Å². The summed E-state index contributed by atoms with van der Waals surface area (Å²) in [6.45, 7) is 2.22. The summed E-state index contributed by atoms with van der Waals surface area (Å²) < 4.78 is 0. The van der Waals surface area contributed by atoms with E-state index in [1.165, 1.54) is 43.2 Å². The Morgan fingerprint density at radius 2 is 1.93 bits per heavy atom. The Kier molecular flexibility index (Phi) is 3.42. The van der Waals surface area contributed by atoms with Gasteiger partial charge >= 0.3 is 0 Å². The predicted molar refractivity (Wildman–Crippen MR) is 64.7 cm³/mol. The van der Waals surface area contributed by atoms with Crippen LogP contribution in [0.2, 0.25) is 0 Å². The molecule has 0 saturated heterocycles. The maximum atomic E-state index is 6.22. The van der Waals surface area contributed by atoms with Crippen molar-refractivity contribution >= 4 is 0 Å². The number of hydrogen-bond donors (Lipinski definition) is 1. The van der Waals surface area contributed by atoms with Crippen LogP contribution in [0.25, 0.3) is 0 Å². The first-order chi connectivity index (χ1) is 7.31. The second-order valence-corrected chi connectivity index (χ2v) is 4.71. The molecule has 0 aliphatic heterocycles. The highest BCUT2D eigenvalue weighted by molar-refractivity contribution is 5.25. The van der Waals surface area contributed by atoms with Crippen LogP contribution in [0.5, 0.6) is 0 Å². The lowest BCUT2D eigenvalue weighted by atomic mass is 9.77. The second-order valence-electron chi connectivity index (χ2n) is 4.71. The number of aryl methyl sites for hydroxylation is 1. The van der Waals surface area contributed by atoms with Gasteiger partial charge in [-0.2, -0.15) is 0 Å². The molecule has 15 heavy (non-hydrogen) atoms. The van der Waals surface area contributed by atoms with Crippen LogP contribution >= 0.6 is 0 Å². The zero-order chi connectivity index (χ0) is 10.7. The first-order valence-corrected chi connectivity index (χ1v) is 6.15. The maximum absolute atomic E-state index is 6.22. The lowest BCUT2D eigenvalue weighted by molar-refractivity contribution is 0.264. The third-order valence-electron chi connectivity index (χ3n) is 3.56. The zero-order valence-electron chi connectivity index (χ0n) is 9.58. The molecule has 0 heterocycles. The minimum atomic E-state index is 0.273. The minimum absolute atomic E-state index is 0.273. The normalized spacial score (nSPS) is 18.5. The molecule has 0 amide bonds. The van der Waals surface area contributed by atoms with Gasteiger partial charge in [-0.3, -0.25) is 0 Å². The van der Waals surface area contributed by atoms with Gasteiger partial charge in [0.15, 0.2) is 0 Å². The summed E-state index contributed by atoms with van der Waals surface area (Å²) in [7, 11) is 0. The molecule has 1 aliphatic carbocycles. The molecule has 0 aromatic heterocycles. The van der Waals surface area contributed by atoms with Crippen LogP contribution in [0.15, 0.2) is 24.3 Å². The van der Waals surface area contributed by atoms with Gasteiger partial charge in [-0.05, 0) is 36.3 Å². The van der Waals surface area contributed by atoms with Crippen LogP contribution in [0.1, 0.15) is 49.8 Å². The van der Waals surface area contributed by atoms with Gasteiger partial charge in [-0.1, -0.05) is 44.0 Å². The average molecular weight is 203 g/mol. The molecule has 1 saturated carbocycles. The maximum Gasteiger partial charge on any atom is 0.0323 e. The van der Waals surface area contributed by atoms with Crippen LogP contribution in [-0.2, 0) is 6.42 Å². The molecule has 1 unspecified atom stereocenters. The Bertz CT molecular complexity index is 298. The Morgan fingerprint density at radius 1 is 1.27 bits per heavy atom. The first kappa shape index (κ1) is 10.7. The smallest absolute Gasteiger partial charge is 0.0323 e. The standard InChI is InChI=1S/C14H21N/c1-2-4-11-7-9-13(10-8-11)14(15)12-5-3-6-12/h7-10,12,14H,2-6,15H2,1H3. The van der Waals surface area contributed by atoms with Gasteiger partial charge in [0.25, 0.3) is 0 Å². The average Bonchev–Trinajstić information content (AvgIpc) is 2.16. The molecule has 0 bridgehead atoms. The highest BCUT2D eigenvalue weighted by Crippen LogP contribution is 2.36. The van der Waals surface area contributed by atoms with Gasteiger partial charge in [0.1, 0.15) is 0 Å². The van der Waals surface area contributed by atoms with E-state index in [1.807, 2.05) is 0 Å². The molecule has 1 aromatic rings. The van der Waals surface area contributed by atoms with Crippen molar-refractivity contribution in [3.63, 3.8) is 0 Å². The van der Waals surface area contributed by atoms with E-state index in [4.69, 9.17) is 5.73 Å². The van der Waals surface area contributed by atoms with Crippen LogP contribution in [0, 0.1) is 5.92 Å². The quantitative estimate of drug-likeness (QED) is 0.797. The fourth-order valence-corrected chi connectivity index (χ4v) is 2.27. The molecule has 1 aliphatic rings. The highest BCUT2D eigenvalue weighted by Gasteiger charge is 2.25. The van der Waals surface area contributed by atoms with E-state index in [0.29, 0.717) is 0 Å². The lowest BCUT2D eigenvalue weighted by Gasteiger charge is -2.31. The Labute approximate surface area is 92.7 Å². The van der Waals surface area contributed by atoms with E-state index in [0.717, 1.165) is 5.92 Å². The highest BCUT2D eigenvalue weighted by atomic mass is 14.7. The molecular formula is C14H21N. The van der Waals surface area contributed by atoms with E-state index < -0.39 is 0 Å². The van der Waals surface area contributed by atoms with E-state index in [2.05, 4.69) is 31.2 Å². The van der Waals surface area contributed by atoms with Crippen LogP contribution in [0.3, 0.4) is 0 Å². The largest absolute Gasteiger partial charge is 0.324 e. The van der Waals surface area contributed by atoms with Gasteiger partial charge < -0.3 is 5.73 Å². The van der Waals surface area contributed by atoms with Gasteiger partial charge in [-0.25, -0.2) is 0 Å². The van der Waals surface area contributed by atoms with Gasteiger partial charge in [-0.15, -0.1) is 0 Å². The fourth-order valence-electron chi connectivity index (χ4n) is 2.27. The minimum Gasteiger partial charge on any atom is -0.324 e. The summed E-state index contributed by atoms with van der Waals surface area (Å²) in [5, 5.41) is 0. The van der Waals surface area contributed by atoms with E-state index in [9.17, 15) is 0 Å². The molecule has 0 radical (unpaired) electrons. The van der Waals surface area contributed by atoms with Gasteiger partial charge in [0, 0.05) is 6.04 Å². The van der Waals surface area contributed by atoms with Gasteiger partial charge in [0.2, 0.25) is 0 Å². The summed E-state index contributed by atoms with van der Waals surface area (Å²) in [6, 6.07) is 9.17. The molecule has 1 heteroatoms. The van der Waals surface area contributed by atoms with Gasteiger partial charge in [0.05, 0.1) is 0 Å². The molecule has 1 fully saturated rings. The molecule has 2 N–H and O–H groups in total. The molecule has 0 spiro atoms. The first-order valence-electron chi connectivity index (χ1n) is 6.15. The SMILES string of the molecule is CCCc1ccc(C(N)C2CCC2)cc1. The Balaban J connectivity index is 2.02. The fraction of sp³-hybridized carbons (Fsp3) is 0.571. The monoisotopic (exact) mass is 203 g/mol. The van der Waals surface area contributed by atoms with Crippen molar-refractivity contribution in [3.05, 3.63) is 35.4 Å². The second kappa shape index (κ2) is 4.80. The van der Waals surface area contributed by atoms with Crippen LogP contribution in [-0.4, -0.2) is 0 Å². The molecule has 1 nitrogen and oxygen atoms in total. The third kappa shape index (κ3) is 2.40. The van der Waals surface area contributed by atoms with Crippen LogP contribution in [0.4, 0.5) is 0 Å². The molecule has 82 valence electrons. The van der Waals surface area contributed by atoms with E-state index in [-0.39, 0.29) is 6.04 Å².